The van der Waals surface area contributed by atoms with Crippen LogP contribution in [0.5, 0.6) is 0 Å². The molecule has 0 spiro atoms. The number of carbonyl (C=O) groups is 1. The van der Waals surface area contributed by atoms with Gasteiger partial charge in [0.2, 0.25) is 5.91 Å². The summed E-state index contributed by atoms with van der Waals surface area (Å²) in [7, 11) is 0. The van der Waals surface area contributed by atoms with Crippen molar-refractivity contribution in [3.05, 3.63) is 92.7 Å². The molecule has 3 aromatic carbocycles. The number of thioether (sulfide) groups is 1. The number of fused-ring (bicyclic) bond motifs is 1. The Bertz CT molecular complexity index is 1330. The third-order valence-corrected chi connectivity index (χ3v) is 6.30. The molecule has 1 heterocycles. The molecule has 0 unspecified atom stereocenters. The first-order chi connectivity index (χ1) is 14.9. The predicted octanol–water partition coefficient (Wildman–Crippen LogP) is 5.50. The van der Waals surface area contributed by atoms with E-state index in [0.717, 1.165) is 21.3 Å². The highest BCUT2D eigenvalue weighted by Gasteiger charge is 2.15. The van der Waals surface area contributed by atoms with Gasteiger partial charge in [0.05, 0.1) is 22.3 Å². The number of anilines is 1. The molecule has 0 aliphatic rings. The fourth-order valence-electron chi connectivity index (χ4n) is 3.21. The zero-order valence-electron chi connectivity index (χ0n) is 17.1. The van der Waals surface area contributed by atoms with Crippen LogP contribution >= 0.6 is 27.7 Å². The van der Waals surface area contributed by atoms with Gasteiger partial charge >= 0.3 is 0 Å². The lowest BCUT2D eigenvalue weighted by Gasteiger charge is -2.14. The van der Waals surface area contributed by atoms with E-state index >= 15 is 0 Å². The van der Waals surface area contributed by atoms with Gasteiger partial charge in [-0.2, -0.15) is 0 Å². The maximum atomic E-state index is 13.2. The van der Waals surface area contributed by atoms with Crippen molar-refractivity contribution >= 4 is 50.2 Å². The molecular formula is C24H20BrN3O2S. The predicted molar refractivity (Wildman–Crippen MR) is 130 cm³/mol. The summed E-state index contributed by atoms with van der Waals surface area (Å²) < 4.78 is 2.48. The molecule has 5 nitrogen and oxygen atoms in total. The number of aromatic nitrogens is 2. The number of hydrogen-bond donors (Lipinski definition) is 1. The van der Waals surface area contributed by atoms with E-state index in [1.807, 2.05) is 74.5 Å². The number of benzene rings is 3. The lowest BCUT2D eigenvalue weighted by atomic mass is 10.1. The molecule has 0 saturated heterocycles. The van der Waals surface area contributed by atoms with Gasteiger partial charge in [-0.25, -0.2) is 4.98 Å². The standard InChI is InChI=1S/C24H20BrN3O2S/c1-15-7-8-16(2)21(13-15)26-22(29)14-31-24-27-20-6-4-3-5-19(20)23(30)28(24)18-11-9-17(25)10-12-18/h3-13H,14H2,1-2H3,(H,26,29). The van der Waals surface area contributed by atoms with E-state index in [0.29, 0.717) is 21.7 Å². The second-order valence-electron chi connectivity index (χ2n) is 7.18. The normalized spacial score (nSPS) is 10.9. The van der Waals surface area contributed by atoms with Crippen LogP contribution in [0.15, 0.2) is 81.2 Å². The molecule has 31 heavy (non-hydrogen) atoms. The number of hydrogen-bond acceptors (Lipinski definition) is 4. The van der Waals surface area contributed by atoms with Crippen LogP contribution in [0.4, 0.5) is 5.69 Å². The largest absolute Gasteiger partial charge is 0.325 e. The van der Waals surface area contributed by atoms with Gasteiger partial charge in [-0.05, 0) is 67.4 Å². The molecule has 7 heteroatoms. The number of halogens is 1. The molecule has 0 fully saturated rings. The molecular weight excluding hydrogens is 474 g/mol. The Morgan fingerprint density at radius 2 is 1.81 bits per heavy atom. The minimum absolute atomic E-state index is 0.134. The van der Waals surface area contributed by atoms with Gasteiger partial charge < -0.3 is 5.32 Å². The Balaban J connectivity index is 1.67. The highest BCUT2D eigenvalue weighted by atomic mass is 79.9. The van der Waals surface area contributed by atoms with Gasteiger partial charge in [-0.3, -0.25) is 14.2 Å². The minimum Gasteiger partial charge on any atom is -0.325 e. The van der Waals surface area contributed by atoms with Crippen LogP contribution in [0.1, 0.15) is 11.1 Å². The Kier molecular flexibility index (Phi) is 6.25. The fraction of sp³-hybridized carbons (Fsp3) is 0.125. The van der Waals surface area contributed by atoms with Crippen LogP contribution in [0.25, 0.3) is 16.6 Å². The van der Waals surface area contributed by atoms with Gasteiger partial charge in [-0.15, -0.1) is 0 Å². The molecule has 0 aliphatic carbocycles. The fourth-order valence-corrected chi connectivity index (χ4v) is 4.29. The van der Waals surface area contributed by atoms with E-state index in [1.54, 1.807) is 10.6 Å². The monoisotopic (exact) mass is 493 g/mol. The SMILES string of the molecule is Cc1ccc(C)c(NC(=O)CSc2nc3ccccc3c(=O)n2-c2ccc(Br)cc2)c1. The number of aryl methyl sites for hydroxylation is 2. The van der Waals surface area contributed by atoms with Crippen molar-refractivity contribution < 1.29 is 4.79 Å². The molecule has 0 radical (unpaired) electrons. The van der Waals surface area contributed by atoms with Crippen LogP contribution in [0, 0.1) is 13.8 Å². The molecule has 156 valence electrons. The zero-order chi connectivity index (χ0) is 22.0. The number of amides is 1. The van der Waals surface area contributed by atoms with Gasteiger partial charge in [-0.1, -0.05) is 52.0 Å². The van der Waals surface area contributed by atoms with E-state index in [-0.39, 0.29) is 17.2 Å². The second kappa shape index (κ2) is 9.08. The average Bonchev–Trinajstić information content (AvgIpc) is 2.76. The summed E-state index contributed by atoms with van der Waals surface area (Å²) in [6, 6.07) is 20.6. The Labute approximate surface area is 192 Å². The van der Waals surface area contributed by atoms with Crippen molar-refractivity contribution in [1.29, 1.82) is 0 Å². The Hall–Kier alpha value is -2.90. The quantitative estimate of drug-likeness (QED) is 0.294. The lowest BCUT2D eigenvalue weighted by molar-refractivity contribution is -0.113. The zero-order valence-corrected chi connectivity index (χ0v) is 19.5. The molecule has 0 aliphatic heterocycles. The average molecular weight is 494 g/mol. The molecule has 1 aromatic heterocycles. The topological polar surface area (TPSA) is 64.0 Å². The summed E-state index contributed by atoms with van der Waals surface area (Å²) in [6.45, 7) is 3.94. The summed E-state index contributed by atoms with van der Waals surface area (Å²) in [4.78, 5) is 30.6. The smallest absolute Gasteiger partial charge is 0.266 e. The van der Waals surface area contributed by atoms with Crippen molar-refractivity contribution in [2.75, 3.05) is 11.1 Å². The minimum atomic E-state index is -0.162. The molecule has 1 N–H and O–H groups in total. The highest BCUT2D eigenvalue weighted by Crippen LogP contribution is 2.23. The number of para-hydroxylation sites is 1. The number of rotatable bonds is 5. The third-order valence-electron chi connectivity index (χ3n) is 4.83. The molecule has 0 saturated carbocycles. The molecule has 0 atom stereocenters. The van der Waals surface area contributed by atoms with E-state index in [2.05, 4.69) is 26.2 Å². The van der Waals surface area contributed by atoms with Crippen molar-refractivity contribution in [2.45, 2.75) is 19.0 Å². The molecule has 0 bridgehead atoms. The van der Waals surface area contributed by atoms with E-state index in [4.69, 9.17) is 0 Å². The second-order valence-corrected chi connectivity index (χ2v) is 9.04. The summed E-state index contributed by atoms with van der Waals surface area (Å²) >= 11 is 4.67. The summed E-state index contributed by atoms with van der Waals surface area (Å²) in [5.74, 6) is -0.0159. The molecule has 4 aromatic rings. The van der Waals surface area contributed by atoms with Crippen molar-refractivity contribution in [2.24, 2.45) is 0 Å². The summed E-state index contributed by atoms with van der Waals surface area (Å²) in [5.41, 5.74) is 4.02. The van der Waals surface area contributed by atoms with Crippen LogP contribution in [-0.4, -0.2) is 21.2 Å². The summed E-state index contributed by atoms with van der Waals surface area (Å²) in [5, 5.41) is 3.97. The molecule has 1 amide bonds. The third kappa shape index (κ3) is 4.73. The lowest BCUT2D eigenvalue weighted by Crippen LogP contribution is -2.23. The van der Waals surface area contributed by atoms with Gasteiger partial charge in [0, 0.05) is 10.2 Å². The van der Waals surface area contributed by atoms with Crippen molar-refractivity contribution in [3.63, 3.8) is 0 Å². The maximum Gasteiger partial charge on any atom is 0.266 e. The van der Waals surface area contributed by atoms with Crippen LogP contribution < -0.4 is 10.9 Å². The first-order valence-corrected chi connectivity index (χ1v) is 11.5. The van der Waals surface area contributed by atoms with Crippen molar-refractivity contribution in [3.8, 4) is 5.69 Å². The number of nitrogens with zero attached hydrogens (tertiary/aromatic N) is 2. The Morgan fingerprint density at radius 3 is 2.58 bits per heavy atom. The van der Waals surface area contributed by atoms with E-state index in [1.165, 1.54) is 11.8 Å². The first-order valence-electron chi connectivity index (χ1n) is 9.70. The van der Waals surface area contributed by atoms with Crippen LogP contribution in [-0.2, 0) is 4.79 Å². The van der Waals surface area contributed by atoms with E-state index < -0.39 is 0 Å². The number of carbonyl (C=O) groups excluding carboxylic acids is 1. The Morgan fingerprint density at radius 1 is 1.06 bits per heavy atom. The van der Waals surface area contributed by atoms with E-state index in [9.17, 15) is 9.59 Å². The highest BCUT2D eigenvalue weighted by molar-refractivity contribution is 9.10. The van der Waals surface area contributed by atoms with Crippen molar-refractivity contribution in [1.82, 2.24) is 9.55 Å². The van der Waals surface area contributed by atoms with Gasteiger partial charge in [0.15, 0.2) is 5.16 Å². The maximum absolute atomic E-state index is 13.2. The van der Waals surface area contributed by atoms with Gasteiger partial charge in [0.1, 0.15) is 0 Å². The van der Waals surface area contributed by atoms with Crippen LogP contribution in [0.2, 0.25) is 0 Å². The van der Waals surface area contributed by atoms with Gasteiger partial charge in [0.25, 0.3) is 5.56 Å². The summed E-state index contributed by atoms with van der Waals surface area (Å²) in [6.07, 6.45) is 0. The number of nitrogens with one attached hydrogen (secondary N) is 1. The van der Waals surface area contributed by atoms with Crippen LogP contribution in [0.3, 0.4) is 0 Å². The first kappa shape index (κ1) is 21.3. The molecule has 4 rings (SSSR count).